The molecule has 19 heavy (non-hydrogen) atoms. The summed E-state index contributed by atoms with van der Waals surface area (Å²) < 4.78 is 18.5. The Kier molecular flexibility index (Phi) is 5.23. The Morgan fingerprint density at radius 2 is 2.16 bits per heavy atom. The summed E-state index contributed by atoms with van der Waals surface area (Å²) in [6.45, 7) is 3.88. The van der Waals surface area contributed by atoms with Crippen molar-refractivity contribution in [2.24, 2.45) is 0 Å². The molecular weight excluding hydrogens is 251 g/mol. The van der Waals surface area contributed by atoms with Gasteiger partial charge in [-0.1, -0.05) is 6.92 Å². The van der Waals surface area contributed by atoms with Crippen molar-refractivity contribution in [3.05, 3.63) is 33.6 Å². The number of likely N-dealkylation sites (N-methyl/N-ethyl adjacent to an activating group) is 1. The van der Waals surface area contributed by atoms with Gasteiger partial charge in [-0.25, -0.2) is 4.39 Å². The third-order valence-corrected chi connectivity index (χ3v) is 3.40. The Morgan fingerprint density at radius 3 is 2.58 bits per heavy atom. The number of ether oxygens (including phenoxy) is 1. The van der Waals surface area contributed by atoms with Crippen LogP contribution in [0.4, 0.5) is 10.1 Å². The van der Waals surface area contributed by atoms with Gasteiger partial charge in [0.2, 0.25) is 0 Å². The molecule has 6 heteroatoms. The molecule has 5 nitrogen and oxygen atoms in total. The predicted molar refractivity (Wildman–Crippen MR) is 71.2 cm³/mol. The summed E-state index contributed by atoms with van der Waals surface area (Å²) in [5, 5.41) is 14.2. The molecule has 0 heterocycles. The van der Waals surface area contributed by atoms with E-state index in [0.717, 1.165) is 6.07 Å². The SMILES string of the molecule is CCC(c1cc(OC)c(F)cc1[N+](=O)[O-])C(C)NC. The maximum atomic E-state index is 13.6. The smallest absolute Gasteiger partial charge is 0.276 e. The van der Waals surface area contributed by atoms with E-state index < -0.39 is 10.7 Å². The molecule has 1 rings (SSSR count). The first-order valence-electron chi connectivity index (χ1n) is 6.15. The van der Waals surface area contributed by atoms with Gasteiger partial charge in [0.1, 0.15) is 0 Å². The minimum Gasteiger partial charge on any atom is -0.494 e. The minimum absolute atomic E-state index is 0.0300. The summed E-state index contributed by atoms with van der Waals surface area (Å²) >= 11 is 0. The Morgan fingerprint density at radius 1 is 1.53 bits per heavy atom. The van der Waals surface area contributed by atoms with Crippen molar-refractivity contribution in [3.63, 3.8) is 0 Å². The lowest BCUT2D eigenvalue weighted by molar-refractivity contribution is -0.386. The largest absolute Gasteiger partial charge is 0.494 e. The van der Waals surface area contributed by atoms with E-state index in [0.29, 0.717) is 12.0 Å². The van der Waals surface area contributed by atoms with Crippen molar-refractivity contribution in [1.29, 1.82) is 0 Å². The molecule has 0 saturated heterocycles. The fraction of sp³-hybridized carbons (Fsp3) is 0.538. The summed E-state index contributed by atoms with van der Waals surface area (Å²) in [5.41, 5.74) is 0.292. The van der Waals surface area contributed by atoms with Crippen LogP contribution in [0.3, 0.4) is 0 Å². The van der Waals surface area contributed by atoms with Crippen molar-refractivity contribution in [2.75, 3.05) is 14.2 Å². The van der Waals surface area contributed by atoms with E-state index in [1.165, 1.54) is 13.2 Å². The van der Waals surface area contributed by atoms with Gasteiger partial charge in [0.15, 0.2) is 11.6 Å². The molecule has 1 aromatic rings. The zero-order valence-corrected chi connectivity index (χ0v) is 11.6. The van der Waals surface area contributed by atoms with Gasteiger partial charge in [0.25, 0.3) is 5.69 Å². The third-order valence-electron chi connectivity index (χ3n) is 3.40. The van der Waals surface area contributed by atoms with Crippen molar-refractivity contribution in [2.45, 2.75) is 32.2 Å². The molecule has 2 unspecified atom stereocenters. The molecule has 0 bridgehead atoms. The van der Waals surface area contributed by atoms with Crippen LogP contribution in [0.2, 0.25) is 0 Å². The summed E-state index contributed by atoms with van der Waals surface area (Å²) in [6, 6.07) is 2.40. The van der Waals surface area contributed by atoms with Gasteiger partial charge >= 0.3 is 0 Å². The molecule has 0 fully saturated rings. The fourth-order valence-electron chi connectivity index (χ4n) is 2.21. The van der Waals surface area contributed by atoms with E-state index >= 15 is 0 Å². The summed E-state index contributed by atoms with van der Waals surface area (Å²) in [5.74, 6) is -0.771. The van der Waals surface area contributed by atoms with Crippen LogP contribution in [0.5, 0.6) is 5.75 Å². The lowest BCUT2D eigenvalue weighted by Crippen LogP contribution is -2.29. The van der Waals surface area contributed by atoms with Gasteiger partial charge in [-0.2, -0.15) is 0 Å². The highest BCUT2D eigenvalue weighted by Crippen LogP contribution is 2.35. The molecule has 0 radical (unpaired) electrons. The highest BCUT2D eigenvalue weighted by atomic mass is 19.1. The predicted octanol–water partition coefficient (Wildman–Crippen LogP) is 2.84. The number of hydrogen-bond acceptors (Lipinski definition) is 4. The Hall–Kier alpha value is -1.69. The molecule has 1 aromatic carbocycles. The Labute approximate surface area is 111 Å². The zero-order chi connectivity index (χ0) is 14.6. The molecule has 0 spiro atoms. The van der Waals surface area contributed by atoms with E-state index in [1.54, 1.807) is 7.05 Å². The average Bonchev–Trinajstić information content (AvgIpc) is 2.40. The number of halogens is 1. The van der Waals surface area contributed by atoms with Crippen molar-refractivity contribution in [1.82, 2.24) is 5.32 Å². The van der Waals surface area contributed by atoms with Crippen molar-refractivity contribution >= 4 is 5.69 Å². The van der Waals surface area contributed by atoms with E-state index in [4.69, 9.17) is 4.74 Å². The topological polar surface area (TPSA) is 64.4 Å². The first-order chi connectivity index (χ1) is 8.96. The summed E-state index contributed by atoms with van der Waals surface area (Å²) in [6.07, 6.45) is 0.706. The molecule has 0 aliphatic rings. The number of methoxy groups -OCH3 is 1. The molecule has 106 valence electrons. The molecule has 0 saturated carbocycles. The Balaban J connectivity index is 3.40. The molecule has 2 atom stereocenters. The standard InChI is InChI=1S/C13H19FN2O3/c1-5-9(8(2)15-3)10-6-13(19-4)11(14)7-12(10)16(17)18/h6-9,15H,5H2,1-4H3. The van der Waals surface area contributed by atoms with Gasteiger partial charge < -0.3 is 10.1 Å². The number of nitrogens with one attached hydrogen (secondary N) is 1. The number of nitrogens with zero attached hydrogens (tertiary/aromatic N) is 1. The fourth-order valence-corrected chi connectivity index (χ4v) is 2.21. The van der Waals surface area contributed by atoms with Gasteiger partial charge in [-0.05, 0) is 26.5 Å². The zero-order valence-electron chi connectivity index (χ0n) is 11.6. The van der Waals surface area contributed by atoms with Crippen LogP contribution >= 0.6 is 0 Å². The summed E-state index contributed by atoms with van der Waals surface area (Å²) in [4.78, 5) is 10.5. The second-order valence-electron chi connectivity index (χ2n) is 4.39. The van der Waals surface area contributed by atoms with E-state index in [9.17, 15) is 14.5 Å². The second kappa shape index (κ2) is 6.47. The molecule has 0 aliphatic heterocycles. The van der Waals surface area contributed by atoms with E-state index in [1.807, 2.05) is 13.8 Å². The van der Waals surface area contributed by atoms with Crippen LogP contribution in [0, 0.1) is 15.9 Å². The highest BCUT2D eigenvalue weighted by molar-refractivity contribution is 5.48. The van der Waals surface area contributed by atoms with Crippen LogP contribution in [0.15, 0.2) is 12.1 Å². The van der Waals surface area contributed by atoms with Crippen LogP contribution < -0.4 is 10.1 Å². The highest BCUT2D eigenvalue weighted by Gasteiger charge is 2.27. The van der Waals surface area contributed by atoms with Gasteiger partial charge in [-0.3, -0.25) is 10.1 Å². The monoisotopic (exact) mass is 270 g/mol. The lowest BCUT2D eigenvalue weighted by Gasteiger charge is -2.23. The quantitative estimate of drug-likeness (QED) is 0.637. The number of benzene rings is 1. The van der Waals surface area contributed by atoms with Crippen molar-refractivity contribution in [3.8, 4) is 5.75 Å². The van der Waals surface area contributed by atoms with Gasteiger partial charge in [0, 0.05) is 17.5 Å². The first-order valence-corrected chi connectivity index (χ1v) is 6.15. The molecule has 1 N–H and O–H groups in total. The molecule has 0 amide bonds. The number of hydrogen-bond donors (Lipinski definition) is 1. The van der Waals surface area contributed by atoms with Crippen LogP contribution in [-0.4, -0.2) is 25.1 Å². The maximum absolute atomic E-state index is 13.6. The molecular formula is C13H19FN2O3. The number of rotatable bonds is 6. The summed E-state index contributed by atoms with van der Waals surface area (Å²) in [7, 11) is 3.14. The second-order valence-corrected chi connectivity index (χ2v) is 4.39. The lowest BCUT2D eigenvalue weighted by atomic mass is 9.88. The molecule has 0 aromatic heterocycles. The van der Waals surface area contributed by atoms with E-state index in [-0.39, 0.29) is 23.4 Å². The first kappa shape index (κ1) is 15.4. The number of nitro benzene ring substituents is 1. The van der Waals surface area contributed by atoms with Crippen LogP contribution in [-0.2, 0) is 0 Å². The van der Waals surface area contributed by atoms with Gasteiger partial charge in [0.05, 0.1) is 18.1 Å². The van der Waals surface area contributed by atoms with Gasteiger partial charge in [-0.15, -0.1) is 0 Å². The number of nitro groups is 1. The van der Waals surface area contributed by atoms with Crippen molar-refractivity contribution < 1.29 is 14.1 Å². The van der Waals surface area contributed by atoms with Crippen LogP contribution in [0.25, 0.3) is 0 Å². The average molecular weight is 270 g/mol. The van der Waals surface area contributed by atoms with E-state index in [2.05, 4.69) is 5.32 Å². The maximum Gasteiger partial charge on any atom is 0.276 e. The third kappa shape index (κ3) is 3.20. The van der Waals surface area contributed by atoms with Crippen LogP contribution in [0.1, 0.15) is 31.7 Å². The Bertz CT molecular complexity index is 465. The minimum atomic E-state index is -0.718. The normalized spacial score (nSPS) is 13.9. The molecule has 0 aliphatic carbocycles.